The number of methoxy groups -OCH3 is 1. The van der Waals surface area contributed by atoms with E-state index in [-0.39, 0.29) is 4.90 Å². The Hall–Kier alpha value is -2.20. The van der Waals surface area contributed by atoms with E-state index in [1.54, 1.807) is 6.07 Å². The summed E-state index contributed by atoms with van der Waals surface area (Å²) < 4.78 is 18.0. The van der Waals surface area contributed by atoms with Gasteiger partial charge in [0.25, 0.3) is 0 Å². The third kappa shape index (κ3) is 2.38. The van der Waals surface area contributed by atoms with Crippen molar-refractivity contribution < 1.29 is 13.9 Å². The fourth-order valence-corrected chi connectivity index (χ4v) is 1.93. The Morgan fingerprint density at radius 1 is 1.56 bits per heavy atom. The zero-order valence-corrected chi connectivity index (χ0v) is 10.1. The lowest BCUT2D eigenvalue weighted by molar-refractivity contribution is 0.187. The van der Waals surface area contributed by atoms with Gasteiger partial charge in [-0.1, -0.05) is 0 Å². The number of hydrogen-bond donors (Lipinski definition) is 2. The van der Waals surface area contributed by atoms with E-state index in [2.05, 4.69) is 15.0 Å². The molecular weight excluding hydrogens is 257 g/mol. The largest absolute Gasteiger partial charge is 0.453 e. The molecule has 2 aromatic rings. The first kappa shape index (κ1) is 12.3. The molecule has 1 heterocycles. The van der Waals surface area contributed by atoms with Crippen LogP contribution in [0.5, 0.6) is 0 Å². The first-order valence-corrected chi connectivity index (χ1v) is 5.69. The number of ether oxygens (including phenoxy) is 1. The van der Waals surface area contributed by atoms with Crippen molar-refractivity contribution in [2.75, 3.05) is 12.4 Å². The summed E-state index contributed by atoms with van der Waals surface area (Å²) in [5.41, 5.74) is 0.529. The SMILES string of the molecule is COC(=O)Nc1cc2cc(SC#N)c(F)cc2[nH]1. The van der Waals surface area contributed by atoms with Crippen molar-refractivity contribution >= 4 is 34.6 Å². The number of thiocyanates is 1. The Morgan fingerprint density at radius 3 is 3.00 bits per heavy atom. The van der Waals surface area contributed by atoms with E-state index in [9.17, 15) is 9.18 Å². The van der Waals surface area contributed by atoms with Crippen LogP contribution in [0.25, 0.3) is 10.9 Å². The summed E-state index contributed by atoms with van der Waals surface area (Å²) in [6.07, 6.45) is -0.617. The molecule has 0 atom stereocenters. The number of nitrogens with one attached hydrogen (secondary N) is 2. The summed E-state index contributed by atoms with van der Waals surface area (Å²) in [7, 11) is 1.25. The van der Waals surface area contributed by atoms with Gasteiger partial charge in [-0.25, -0.2) is 9.18 Å². The normalized spacial score (nSPS) is 10.1. The van der Waals surface area contributed by atoms with Crippen molar-refractivity contribution in [2.45, 2.75) is 4.90 Å². The number of benzene rings is 1. The first-order valence-electron chi connectivity index (χ1n) is 4.87. The number of nitrogens with zero attached hydrogens (tertiary/aromatic N) is 1. The van der Waals surface area contributed by atoms with E-state index < -0.39 is 11.9 Å². The predicted molar refractivity (Wildman–Crippen MR) is 65.8 cm³/mol. The second kappa shape index (κ2) is 4.98. The molecule has 0 aliphatic rings. The fraction of sp³-hybridized carbons (Fsp3) is 0.0909. The van der Waals surface area contributed by atoms with Crippen molar-refractivity contribution in [3.05, 3.63) is 24.0 Å². The van der Waals surface area contributed by atoms with Gasteiger partial charge in [0, 0.05) is 10.9 Å². The van der Waals surface area contributed by atoms with Crippen LogP contribution in [-0.4, -0.2) is 18.2 Å². The van der Waals surface area contributed by atoms with Crippen LogP contribution in [0.3, 0.4) is 0 Å². The molecule has 18 heavy (non-hydrogen) atoms. The molecule has 0 saturated carbocycles. The van der Waals surface area contributed by atoms with Crippen molar-refractivity contribution in [1.29, 1.82) is 5.26 Å². The van der Waals surface area contributed by atoms with E-state index >= 15 is 0 Å². The Bertz CT molecular complexity index is 648. The standard InChI is InChI=1S/C11H8FN3O2S/c1-17-11(16)15-10-3-6-2-9(18-5-13)7(12)4-8(6)14-10/h2-4,14H,1H3,(H,15,16). The van der Waals surface area contributed by atoms with Crippen LogP contribution >= 0.6 is 11.8 Å². The van der Waals surface area contributed by atoms with Crippen molar-refractivity contribution in [2.24, 2.45) is 0 Å². The van der Waals surface area contributed by atoms with Gasteiger partial charge in [0.1, 0.15) is 17.0 Å². The van der Waals surface area contributed by atoms with Gasteiger partial charge < -0.3 is 9.72 Å². The minimum absolute atomic E-state index is 0.244. The minimum Gasteiger partial charge on any atom is -0.453 e. The third-order valence-corrected chi connectivity index (χ3v) is 2.88. The molecule has 0 bridgehead atoms. The van der Waals surface area contributed by atoms with E-state index in [0.717, 1.165) is 11.8 Å². The predicted octanol–water partition coefficient (Wildman–Crippen LogP) is 3.06. The molecule has 0 aliphatic heterocycles. The zero-order valence-electron chi connectivity index (χ0n) is 9.28. The van der Waals surface area contributed by atoms with E-state index in [0.29, 0.717) is 16.7 Å². The molecule has 0 unspecified atom stereocenters. The van der Waals surface area contributed by atoms with Crippen LogP contribution in [-0.2, 0) is 4.74 Å². The fourth-order valence-electron chi connectivity index (χ4n) is 1.49. The van der Waals surface area contributed by atoms with Crippen molar-refractivity contribution in [3.8, 4) is 5.40 Å². The average molecular weight is 265 g/mol. The van der Waals surface area contributed by atoms with E-state index in [1.807, 2.05) is 5.40 Å². The monoisotopic (exact) mass is 265 g/mol. The second-order valence-electron chi connectivity index (χ2n) is 3.36. The second-order valence-corrected chi connectivity index (χ2v) is 4.19. The molecule has 5 nitrogen and oxygen atoms in total. The Morgan fingerprint density at radius 2 is 2.33 bits per heavy atom. The number of fused-ring (bicyclic) bond motifs is 1. The number of rotatable bonds is 2. The first-order chi connectivity index (χ1) is 8.63. The highest BCUT2D eigenvalue weighted by molar-refractivity contribution is 8.03. The van der Waals surface area contributed by atoms with Gasteiger partial charge in [-0.15, -0.1) is 0 Å². The Kier molecular flexibility index (Phi) is 3.39. The summed E-state index contributed by atoms with van der Waals surface area (Å²) in [5.74, 6) is -0.0872. The van der Waals surface area contributed by atoms with Gasteiger partial charge in [-0.05, 0) is 30.0 Å². The van der Waals surface area contributed by atoms with Gasteiger partial charge >= 0.3 is 6.09 Å². The number of carbonyl (C=O) groups excluding carboxylic acids is 1. The summed E-state index contributed by atoms with van der Waals surface area (Å²) in [6, 6.07) is 4.45. The van der Waals surface area contributed by atoms with E-state index in [4.69, 9.17) is 5.26 Å². The van der Waals surface area contributed by atoms with Crippen molar-refractivity contribution in [3.63, 3.8) is 0 Å². The number of anilines is 1. The maximum Gasteiger partial charge on any atom is 0.412 e. The molecule has 0 aliphatic carbocycles. The number of aromatic nitrogens is 1. The molecule has 0 fully saturated rings. The highest BCUT2D eigenvalue weighted by Crippen LogP contribution is 2.28. The van der Waals surface area contributed by atoms with Crippen LogP contribution in [0, 0.1) is 16.5 Å². The Labute approximate surface area is 106 Å². The molecule has 0 radical (unpaired) electrons. The average Bonchev–Trinajstić information content (AvgIpc) is 2.71. The van der Waals surface area contributed by atoms with Gasteiger partial charge in [0.15, 0.2) is 0 Å². The topological polar surface area (TPSA) is 77.9 Å². The smallest absolute Gasteiger partial charge is 0.412 e. The number of amides is 1. The highest BCUT2D eigenvalue weighted by Gasteiger charge is 2.09. The molecule has 2 rings (SSSR count). The molecule has 1 aromatic heterocycles. The van der Waals surface area contributed by atoms with E-state index in [1.165, 1.54) is 19.2 Å². The molecule has 0 saturated heterocycles. The van der Waals surface area contributed by atoms with Gasteiger partial charge in [-0.2, -0.15) is 5.26 Å². The molecular formula is C11H8FN3O2S. The quantitative estimate of drug-likeness (QED) is 0.646. The Balaban J connectivity index is 2.39. The summed E-state index contributed by atoms with van der Waals surface area (Å²) in [5, 5.41) is 13.5. The number of hydrogen-bond acceptors (Lipinski definition) is 4. The molecule has 1 aromatic carbocycles. The minimum atomic E-state index is -0.617. The van der Waals surface area contributed by atoms with Crippen molar-refractivity contribution in [1.82, 2.24) is 4.98 Å². The molecule has 1 amide bonds. The van der Waals surface area contributed by atoms with Crippen LogP contribution < -0.4 is 5.32 Å². The molecule has 7 heteroatoms. The summed E-state index contributed by atoms with van der Waals surface area (Å²) in [6.45, 7) is 0. The van der Waals surface area contributed by atoms with Gasteiger partial charge in [0.2, 0.25) is 0 Å². The lowest BCUT2D eigenvalue weighted by atomic mass is 10.2. The number of carbonyl (C=O) groups is 1. The maximum atomic E-state index is 13.5. The summed E-state index contributed by atoms with van der Waals surface area (Å²) >= 11 is 0.749. The van der Waals surface area contributed by atoms with Crippen LogP contribution in [0.15, 0.2) is 23.1 Å². The number of nitriles is 1. The number of halogens is 1. The van der Waals surface area contributed by atoms with Gasteiger partial charge in [-0.3, -0.25) is 5.32 Å². The number of thioether (sulfide) groups is 1. The third-order valence-electron chi connectivity index (χ3n) is 2.25. The highest BCUT2D eigenvalue weighted by atomic mass is 32.2. The van der Waals surface area contributed by atoms with Gasteiger partial charge in [0.05, 0.1) is 12.0 Å². The molecule has 92 valence electrons. The zero-order chi connectivity index (χ0) is 13.1. The van der Waals surface area contributed by atoms with Crippen LogP contribution in [0.4, 0.5) is 15.0 Å². The lowest BCUT2D eigenvalue weighted by Gasteiger charge is -1.98. The maximum absolute atomic E-state index is 13.5. The molecule has 0 spiro atoms. The number of aromatic amines is 1. The number of H-pyrrole nitrogens is 1. The van der Waals surface area contributed by atoms with Crippen LogP contribution in [0.2, 0.25) is 0 Å². The lowest BCUT2D eigenvalue weighted by Crippen LogP contribution is -2.10. The summed E-state index contributed by atoms with van der Waals surface area (Å²) in [4.78, 5) is 14.1. The molecule has 2 N–H and O–H groups in total. The van der Waals surface area contributed by atoms with Crippen LogP contribution in [0.1, 0.15) is 0 Å².